The van der Waals surface area contributed by atoms with Crippen molar-refractivity contribution < 1.29 is 13.3 Å². The molecule has 124 valence electrons. The first-order valence-corrected chi connectivity index (χ1v) is 9.70. The van der Waals surface area contributed by atoms with Gasteiger partial charge in [-0.05, 0) is 17.5 Å². The van der Waals surface area contributed by atoms with Crippen molar-refractivity contribution in [1.82, 2.24) is 0 Å². The fourth-order valence-electron chi connectivity index (χ4n) is 2.16. The lowest BCUT2D eigenvalue weighted by Crippen LogP contribution is -2.16. The van der Waals surface area contributed by atoms with Crippen LogP contribution in [0.3, 0.4) is 0 Å². The zero-order chi connectivity index (χ0) is 17.2. The molecule has 0 fully saturated rings. The smallest absolute Gasteiger partial charge is 0.305 e. The van der Waals surface area contributed by atoms with Crippen molar-refractivity contribution in [3.63, 3.8) is 0 Å². The second-order valence-electron chi connectivity index (χ2n) is 5.31. The van der Waals surface area contributed by atoms with Crippen molar-refractivity contribution in [3.05, 3.63) is 51.6 Å². The molecule has 2 aromatic rings. The van der Waals surface area contributed by atoms with Crippen molar-refractivity contribution in [2.45, 2.75) is 24.1 Å². The highest BCUT2D eigenvalue weighted by Gasteiger charge is 2.26. The van der Waals surface area contributed by atoms with Gasteiger partial charge in [0.2, 0.25) is 0 Å². The van der Waals surface area contributed by atoms with Crippen LogP contribution in [-0.2, 0) is 22.8 Å². The minimum absolute atomic E-state index is 0.00683. The lowest BCUT2D eigenvalue weighted by Gasteiger charge is -2.16. The van der Waals surface area contributed by atoms with Crippen LogP contribution in [0.15, 0.2) is 34.5 Å². The molecule has 0 saturated carbocycles. The molecule has 0 aliphatic rings. The lowest BCUT2D eigenvalue weighted by molar-refractivity contribution is -0.383. The molecule has 0 unspecified atom stereocenters. The zero-order valence-electron chi connectivity index (χ0n) is 13.1. The molecule has 1 aromatic heterocycles. The molecule has 8 heteroatoms. The molecule has 0 spiro atoms. The van der Waals surface area contributed by atoms with Crippen LogP contribution < -0.4 is 4.90 Å². The van der Waals surface area contributed by atoms with Crippen LogP contribution in [0.5, 0.6) is 0 Å². The Morgan fingerprint density at radius 1 is 1.22 bits per heavy atom. The number of thiophene rings is 1. The fraction of sp³-hybridized carbons (Fsp3) is 0.333. The molecule has 0 radical (unpaired) electrons. The largest absolute Gasteiger partial charge is 0.357 e. The Bertz CT molecular complexity index is 811. The summed E-state index contributed by atoms with van der Waals surface area (Å²) in [6.07, 6.45) is 2.00. The average molecular weight is 354 g/mol. The second-order valence-corrected chi connectivity index (χ2v) is 8.58. The molecule has 0 aliphatic heterocycles. The Labute approximate surface area is 139 Å². The summed E-state index contributed by atoms with van der Waals surface area (Å²) in [6.45, 7) is 2.54. The maximum Gasteiger partial charge on any atom is 0.305 e. The first-order valence-electron chi connectivity index (χ1n) is 6.99. The van der Waals surface area contributed by atoms with Gasteiger partial charge < -0.3 is 4.90 Å². The zero-order valence-corrected chi connectivity index (χ0v) is 14.8. The Morgan fingerprint density at radius 3 is 2.26 bits per heavy atom. The standard InChI is InChI=1S/C15H18N2O4S2/c1-4-11-5-7-12(8-6-11)10-16(2)15-13(17(18)19)9-14(22-15)23(3,20)21/h5-9H,4,10H2,1-3H3. The van der Waals surface area contributed by atoms with Gasteiger partial charge in [0, 0.05) is 25.9 Å². The van der Waals surface area contributed by atoms with Crippen LogP contribution in [0.25, 0.3) is 0 Å². The predicted octanol–water partition coefficient (Wildman–Crippen LogP) is 3.26. The van der Waals surface area contributed by atoms with E-state index in [0.29, 0.717) is 11.5 Å². The topological polar surface area (TPSA) is 80.5 Å². The van der Waals surface area contributed by atoms with E-state index >= 15 is 0 Å². The lowest BCUT2D eigenvalue weighted by atomic mass is 10.1. The van der Waals surface area contributed by atoms with E-state index in [1.54, 1.807) is 11.9 Å². The van der Waals surface area contributed by atoms with Crippen LogP contribution in [-0.4, -0.2) is 26.6 Å². The molecule has 0 amide bonds. The van der Waals surface area contributed by atoms with E-state index in [0.717, 1.165) is 35.6 Å². The summed E-state index contributed by atoms with van der Waals surface area (Å²) in [7, 11) is -1.75. The van der Waals surface area contributed by atoms with E-state index < -0.39 is 14.8 Å². The number of rotatable bonds is 6. The van der Waals surface area contributed by atoms with Crippen molar-refractivity contribution in [1.29, 1.82) is 0 Å². The van der Waals surface area contributed by atoms with E-state index in [1.807, 2.05) is 24.3 Å². The molecular formula is C15H18N2O4S2. The molecule has 0 saturated heterocycles. The van der Waals surface area contributed by atoms with E-state index in [-0.39, 0.29) is 9.90 Å². The summed E-state index contributed by atoms with van der Waals surface area (Å²) < 4.78 is 23.3. The monoisotopic (exact) mass is 354 g/mol. The molecular weight excluding hydrogens is 336 g/mol. The number of hydrogen-bond acceptors (Lipinski definition) is 6. The number of benzene rings is 1. The fourth-order valence-corrected chi connectivity index (χ4v) is 4.15. The highest BCUT2D eigenvalue weighted by Crippen LogP contribution is 2.39. The maximum absolute atomic E-state index is 11.6. The predicted molar refractivity (Wildman–Crippen MR) is 92.0 cm³/mol. The Morgan fingerprint density at radius 2 is 1.78 bits per heavy atom. The van der Waals surface area contributed by atoms with Gasteiger partial charge in [0.05, 0.1) is 4.92 Å². The van der Waals surface area contributed by atoms with Crippen LogP contribution in [0.2, 0.25) is 0 Å². The van der Waals surface area contributed by atoms with Gasteiger partial charge in [0.25, 0.3) is 0 Å². The SMILES string of the molecule is CCc1ccc(CN(C)c2sc(S(C)(=O)=O)cc2[N+](=O)[O-])cc1. The molecule has 6 nitrogen and oxygen atoms in total. The number of sulfone groups is 1. The van der Waals surface area contributed by atoms with E-state index in [2.05, 4.69) is 6.92 Å². The van der Waals surface area contributed by atoms with E-state index in [1.165, 1.54) is 5.56 Å². The Kier molecular flexibility index (Phi) is 5.06. The number of hydrogen-bond donors (Lipinski definition) is 0. The summed E-state index contributed by atoms with van der Waals surface area (Å²) in [6, 6.07) is 9.13. The van der Waals surface area contributed by atoms with Gasteiger partial charge in [-0.25, -0.2) is 8.42 Å². The molecule has 0 N–H and O–H groups in total. The molecule has 23 heavy (non-hydrogen) atoms. The first-order chi connectivity index (χ1) is 10.7. The summed E-state index contributed by atoms with van der Waals surface area (Å²) in [5.41, 5.74) is 2.05. The van der Waals surface area contributed by atoms with Crippen molar-refractivity contribution in [2.75, 3.05) is 18.2 Å². The average Bonchev–Trinajstić information content (AvgIpc) is 2.93. The summed E-state index contributed by atoms with van der Waals surface area (Å²) >= 11 is 0.926. The van der Waals surface area contributed by atoms with Crippen LogP contribution in [0.1, 0.15) is 18.1 Å². The van der Waals surface area contributed by atoms with E-state index in [9.17, 15) is 18.5 Å². The van der Waals surface area contributed by atoms with Crippen molar-refractivity contribution >= 4 is 31.9 Å². The maximum atomic E-state index is 11.6. The number of aryl methyl sites for hydroxylation is 1. The minimum Gasteiger partial charge on any atom is -0.357 e. The molecule has 1 aromatic carbocycles. The normalized spacial score (nSPS) is 11.4. The number of nitro groups is 1. The van der Waals surface area contributed by atoms with Gasteiger partial charge in [-0.2, -0.15) is 0 Å². The molecule has 0 aliphatic carbocycles. The third kappa shape index (κ3) is 4.08. The van der Waals surface area contributed by atoms with E-state index in [4.69, 9.17) is 0 Å². The molecule has 1 heterocycles. The quantitative estimate of drug-likeness (QED) is 0.587. The van der Waals surface area contributed by atoms with Gasteiger partial charge >= 0.3 is 5.69 Å². The van der Waals surface area contributed by atoms with Crippen LogP contribution >= 0.6 is 11.3 Å². The van der Waals surface area contributed by atoms with Crippen LogP contribution in [0.4, 0.5) is 10.7 Å². The third-order valence-electron chi connectivity index (χ3n) is 3.43. The molecule has 2 rings (SSSR count). The van der Waals surface area contributed by atoms with Crippen LogP contribution in [0, 0.1) is 10.1 Å². The van der Waals surface area contributed by atoms with Crippen molar-refractivity contribution in [3.8, 4) is 0 Å². The van der Waals surface area contributed by atoms with Gasteiger partial charge in [0.1, 0.15) is 4.21 Å². The first kappa shape index (κ1) is 17.4. The highest BCUT2D eigenvalue weighted by atomic mass is 32.2. The molecule has 0 atom stereocenters. The number of anilines is 1. The summed E-state index contributed by atoms with van der Waals surface area (Å²) in [5.74, 6) is 0. The Balaban J connectivity index is 2.32. The third-order valence-corrected chi connectivity index (χ3v) is 6.47. The minimum atomic E-state index is -3.47. The van der Waals surface area contributed by atoms with Gasteiger partial charge in [-0.1, -0.05) is 42.5 Å². The summed E-state index contributed by atoms with van der Waals surface area (Å²) in [4.78, 5) is 12.4. The number of nitrogens with zero attached hydrogens (tertiary/aromatic N) is 2. The Hall–Kier alpha value is -1.93. The summed E-state index contributed by atoms with van der Waals surface area (Å²) in [5, 5.41) is 11.5. The van der Waals surface area contributed by atoms with Gasteiger partial charge in [-0.15, -0.1) is 0 Å². The highest BCUT2D eigenvalue weighted by molar-refractivity contribution is 7.92. The molecule has 0 bridgehead atoms. The second kappa shape index (κ2) is 6.67. The van der Waals surface area contributed by atoms with Gasteiger partial charge in [-0.3, -0.25) is 10.1 Å². The van der Waals surface area contributed by atoms with Gasteiger partial charge in [0.15, 0.2) is 14.8 Å². The van der Waals surface area contributed by atoms with Crippen molar-refractivity contribution in [2.24, 2.45) is 0 Å².